The van der Waals surface area contributed by atoms with Gasteiger partial charge in [-0.25, -0.2) is 0 Å². The number of hydrogen-bond acceptors (Lipinski definition) is 3. The Morgan fingerprint density at radius 2 is 2.05 bits per heavy atom. The molecule has 0 unspecified atom stereocenters. The average molecular weight is 278 g/mol. The van der Waals surface area contributed by atoms with Crippen LogP contribution < -0.4 is 4.74 Å². The fraction of sp³-hybridized carbons (Fsp3) is 0.118. The van der Waals surface area contributed by atoms with E-state index in [0.717, 1.165) is 23.4 Å². The zero-order valence-corrected chi connectivity index (χ0v) is 11.6. The summed E-state index contributed by atoms with van der Waals surface area (Å²) in [6, 6.07) is 13.7. The number of phenolic OH excluding ortho intramolecular Hbond substituents is 1. The third kappa shape index (κ3) is 1.72. The van der Waals surface area contributed by atoms with Crippen molar-refractivity contribution in [2.75, 3.05) is 7.11 Å². The fourth-order valence-electron chi connectivity index (χ4n) is 2.94. The molecule has 0 radical (unpaired) electrons. The molecule has 0 amide bonds. The van der Waals surface area contributed by atoms with Crippen LogP contribution in [-0.4, -0.2) is 22.4 Å². The topological polar surface area (TPSA) is 58.1 Å². The van der Waals surface area contributed by atoms with Crippen molar-refractivity contribution in [3.63, 3.8) is 0 Å². The van der Waals surface area contributed by atoms with Gasteiger partial charge in [0.2, 0.25) is 0 Å². The number of ether oxygens (including phenoxy) is 1. The molecule has 4 nitrogen and oxygen atoms in total. The Labute approximate surface area is 122 Å². The molecular weight excluding hydrogens is 264 g/mol. The van der Waals surface area contributed by atoms with E-state index in [1.165, 1.54) is 23.8 Å². The number of aromatic amines is 1. The summed E-state index contributed by atoms with van der Waals surface area (Å²) >= 11 is 0. The molecule has 1 aliphatic rings. The Hall–Kier alpha value is -2.75. The van der Waals surface area contributed by atoms with E-state index in [1.807, 2.05) is 12.1 Å². The summed E-state index contributed by atoms with van der Waals surface area (Å²) in [6.45, 7) is 0. The Kier molecular flexibility index (Phi) is 2.51. The van der Waals surface area contributed by atoms with Crippen LogP contribution in [0.3, 0.4) is 0 Å². The number of rotatable bonds is 2. The predicted octanol–water partition coefficient (Wildman–Crippen LogP) is 3.36. The first-order valence-electron chi connectivity index (χ1n) is 6.81. The predicted molar refractivity (Wildman–Crippen MR) is 80.5 cm³/mol. The first-order valence-corrected chi connectivity index (χ1v) is 6.81. The highest BCUT2D eigenvalue weighted by molar-refractivity contribution is 5.81. The Balaban J connectivity index is 1.83. The van der Waals surface area contributed by atoms with Gasteiger partial charge in [0.05, 0.1) is 18.5 Å². The van der Waals surface area contributed by atoms with Gasteiger partial charge in [0.1, 0.15) is 0 Å². The van der Waals surface area contributed by atoms with E-state index in [4.69, 9.17) is 4.74 Å². The molecule has 1 heterocycles. The van der Waals surface area contributed by atoms with Gasteiger partial charge in [0.25, 0.3) is 0 Å². The molecule has 104 valence electrons. The van der Waals surface area contributed by atoms with Gasteiger partial charge in [-0.1, -0.05) is 24.3 Å². The molecular formula is C17H14N2O2. The second-order valence-electron chi connectivity index (χ2n) is 5.15. The summed E-state index contributed by atoms with van der Waals surface area (Å²) in [5.41, 5.74) is 6.55. The lowest BCUT2D eigenvalue weighted by molar-refractivity contribution is 0.373. The number of hydrogen-bond donors (Lipinski definition) is 2. The summed E-state index contributed by atoms with van der Waals surface area (Å²) in [5.74, 6) is 0.594. The molecule has 2 N–H and O–H groups in total. The van der Waals surface area contributed by atoms with Crippen molar-refractivity contribution < 1.29 is 9.84 Å². The van der Waals surface area contributed by atoms with E-state index in [0.29, 0.717) is 5.75 Å². The highest BCUT2D eigenvalue weighted by Gasteiger charge is 2.24. The number of nitrogens with one attached hydrogen (secondary N) is 1. The van der Waals surface area contributed by atoms with Gasteiger partial charge < -0.3 is 9.84 Å². The molecule has 3 aromatic rings. The first-order chi connectivity index (χ1) is 10.3. The number of aromatic hydroxyl groups is 1. The van der Waals surface area contributed by atoms with Crippen LogP contribution in [0.1, 0.15) is 11.1 Å². The smallest absolute Gasteiger partial charge is 0.160 e. The largest absolute Gasteiger partial charge is 0.504 e. The summed E-state index contributed by atoms with van der Waals surface area (Å²) in [6.07, 6.45) is 0.865. The number of H-pyrrole nitrogens is 1. The quantitative estimate of drug-likeness (QED) is 0.591. The van der Waals surface area contributed by atoms with Crippen molar-refractivity contribution in [2.45, 2.75) is 6.42 Å². The van der Waals surface area contributed by atoms with Crippen LogP contribution in [0.5, 0.6) is 11.5 Å². The van der Waals surface area contributed by atoms with E-state index in [9.17, 15) is 5.11 Å². The number of phenols is 1. The molecule has 1 aliphatic carbocycles. The maximum atomic E-state index is 9.95. The minimum Gasteiger partial charge on any atom is -0.504 e. The second-order valence-corrected chi connectivity index (χ2v) is 5.15. The Morgan fingerprint density at radius 1 is 1.19 bits per heavy atom. The minimum atomic E-state index is 0.127. The SMILES string of the molecule is COc1ccc(-c2n[nH]c3c2Cc2ccccc2-3)cc1O. The molecule has 2 aromatic carbocycles. The van der Waals surface area contributed by atoms with Crippen LogP contribution in [0, 0.1) is 0 Å². The molecule has 1 aromatic heterocycles. The highest BCUT2D eigenvalue weighted by Crippen LogP contribution is 2.41. The lowest BCUT2D eigenvalue weighted by atomic mass is 10.0. The minimum absolute atomic E-state index is 0.127. The lowest BCUT2D eigenvalue weighted by Crippen LogP contribution is -1.88. The molecule has 0 fully saturated rings. The second kappa shape index (κ2) is 4.38. The Bertz CT molecular complexity index is 837. The summed E-state index contributed by atoms with van der Waals surface area (Å²) in [4.78, 5) is 0. The lowest BCUT2D eigenvalue weighted by Gasteiger charge is -2.05. The van der Waals surface area contributed by atoms with Crippen molar-refractivity contribution in [1.29, 1.82) is 0 Å². The maximum absolute atomic E-state index is 9.95. The van der Waals surface area contributed by atoms with E-state index >= 15 is 0 Å². The van der Waals surface area contributed by atoms with Crippen LogP contribution in [0.15, 0.2) is 42.5 Å². The maximum Gasteiger partial charge on any atom is 0.160 e. The van der Waals surface area contributed by atoms with Gasteiger partial charge in [-0.05, 0) is 23.8 Å². The summed E-state index contributed by atoms with van der Waals surface area (Å²) in [7, 11) is 1.54. The normalized spacial score (nSPS) is 12.0. The summed E-state index contributed by atoms with van der Waals surface area (Å²) in [5, 5.41) is 17.5. The first kappa shape index (κ1) is 12.0. The molecule has 0 saturated carbocycles. The van der Waals surface area contributed by atoms with Crippen molar-refractivity contribution >= 4 is 0 Å². The molecule has 4 heteroatoms. The number of aromatic nitrogens is 2. The van der Waals surface area contributed by atoms with Crippen LogP contribution in [0.2, 0.25) is 0 Å². The van der Waals surface area contributed by atoms with Crippen LogP contribution >= 0.6 is 0 Å². The molecule has 0 bridgehead atoms. The van der Waals surface area contributed by atoms with E-state index < -0.39 is 0 Å². The molecule has 0 saturated heterocycles. The third-order valence-electron chi connectivity index (χ3n) is 3.97. The average Bonchev–Trinajstić information content (AvgIpc) is 3.06. The molecule has 0 aliphatic heterocycles. The van der Waals surface area contributed by atoms with E-state index in [2.05, 4.69) is 28.4 Å². The van der Waals surface area contributed by atoms with Gasteiger partial charge in [0, 0.05) is 23.1 Å². The van der Waals surface area contributed by atoms with E-state index in [1.54, 1.807) is 12.1 Å². The van der Waals surface area contributed by atoms with Gasteiger partial charge in [-0.3, -0.25) is 5.10 Å². The molecule has 4 rings (SSSR count). The van der Waals surface area contributed by atoms with Gasteiger partial charge >= 0.3 is 0 Å². The van der Waals surface area contributed by atoms with Crippen molar-refractivity contribution in [3.8, 4) is 34.0 Å². The number of fused-ring (bicyclic) bond motifs is 3. The zero-order chi connectivity index (χ0) is 14.4. The van der Waals surface area contributed by atoms with Crippen LogP contribution in [0.4, 0.5) is 0 Å². The standard InChI is InChI=1S/C17H14N2O2/c1-21-15-7-6-11(9-14(15)20)16-13-8-10-4-2-3-5-12(10)17(13)19-18-16/h2-7,9,20H,8H2,1H3,(H,18,19). The monoisotopic (exact) mass is 278 g/mol. The molecule has 21 heavy (non-hydrogen) atoms. The van der Waals surface area contributed by atoms with E-state index in [-0.39, 0.29) is 5.75 Å². The van der Waals surface area contributed by atoms with Crippen molar-refractivity contribution in [1.82, 2.24) is 10.2 Å². The number of methoxy groups -OCH3 is 1. The number of nitrogens with zero attached hydrogens (tertiary/aromatic N) is 1. The Morgan fingerprint density at radius 3 is 2.86 bits per heavy atom. The van der Waals surface area contributed by atoms with Crippen molar-refractivity contribution in [2.24, 2.45) is 0 Å². The van der Waals surface area contributed by atoms with Gasteiger partial charge in [-0.15, -0.1) is 0 Å². The summed E-state index contributed by atoms with van der Waals surface area (Å²) < 4.78 is 5.08. The fourth-order valence-corrected chi connectivity index (χ4v) is 2.94. The van der Waals surface area contributed by atoms with Gasteiger partial charge in [0.15, 0.2) is 11.5 Å². The van der Waals surface area contributed by atoms with Crippen LogP contribution in [0.25, 0.3) is 22.5 Å². The van der Waals surface area contributed by atoms with Crippen molar-refractivity contribution in [3.05, 3.63) is 53.6 Å². The highest BCUT2D eigenvalue weighted by atomic mass is 16.5. The van der Waals surface area contributed by atoms with Gasteiger partial charge in [-0.2, -0.15) is 5.10 Å². The van der Waals surface area contributed by atoms with Crippen LogP contribution in [-0.2, 0) is 6.42 Å². The third-order valence-corrected chi connectivity index (χ3v) is 3.97. The molecule has 0 atom stereocenters. The molecule has 0 spiro atoms. The number of benzene rings is 2. The zero-order valence-electron chi connectivity index (χ0n) is 11.6.